The highest BCUT2D eigenvalue weighted by Crippen LogP contribution is 2.17. The second-order valence-electron chi connectivity index (χ2n) is 5.59. The van der Waals surface area contributed by atoms with Crippen LogP contribution in [0.4, 0.5) is 0 Å². The number of unbranched alkanes of at least 4 members (excludes halogenated alkanes) is 6. The number of rotatable bonds is 12. The fraction of sp³-hybridized carbons (Fsp3) is 1.00. The van der Waals surface area contributed by atoms with Gasteiger partial charge in [-0.15, -0.1) is 0 Å². The molecule has 0 rings (SSSR count). The lowest BCUT2D eigenvalue weighted by molar-refractivity contribution is 0.388. The molecule has 1 unspecified atom stereocenters. The van der Waals surface area contributed by atoms with Gasteiger partial charge in [0.15, 0.2) is 0 Å². The number of hydrogen-bond acceptors (Lipinski definition) is 1. The molecule has 0 saturated heterocycles. The van der Waals surface area contributed by atoms with E-state index in [0.29, 0.717) is 6.04 Å². The lowest BCUT2D eigenvalue weighted by Gasteiger charge is -2.18. The van der Waals surface area contributed by atoms with Gasteiger partial charge in [-0.05, 0) is 18.8 Å². The molecule has 0 saturated carbocycles. The average molecular weight is 241 g/mol. The molecule has 0 aromatic rings. The number of hydrogen-bond donors (Lipinski definition) is 1. The van der Waals surface area contributed by atoms with Crippen molar-refractivity contribution in [3.05, 3.63) is 0 Å². The largest absolute Gasteiger partial charge is 0.328 e. The zero-order valence-electron chi connectivity index (χ0n) is 12.5. The van der Waals surface area contributed by atoms with Crippen LogP contribution >= 0.6 is 0 Å². The maximum atomic E-state index is 6.19. The molecule has 1 atom stereocenters. The summed E-state index contributed by atoms with van der Waals surface area (Å²) in [5, 5.41) is 0. The van der Waals surface area contributed by atoms with Gasteiger partial charge in [0, 0.05) is 6.04 Å². The summed E-state index contributed by atoms with van der Waals surface area (Å²) >= 11 is 0. The van der Waals surface area contributed by atoms with E-state index in [4.69, 9.17) is 5.73 Å². The molecule has 1 heteroatoms. The fourth-order valence-corrected chi connectivity index (χ4v) is 2.53. The molecule has 0 spiro atoms. The first-order chi connectivity index (χ1) is 8.24. The molecule has 0 radical (unpaired) electrons. The van der Waals surface area contributed by atoms with Crippen LogP contribution in [0.5, 0.6) is 0 Å². The fourth-order valence-electron chi connectivity index (χ4n) is 2.53. The summed E-state index contributed by atoms with van der Waals surface area (Å²) in [4.78, 5) is 0. The Bertz CT molecular complexity index is 140. The van der Waals surface area contributed by atoms with Gasteiger partial charge in [0.1, 0.15) is 0 Å². The molecule has 104 valence electrons. The van der Waals surface area contributed by atoms with E-state index >= 15 is 0 Å². The van der Waals surface area contributed by atoms with Crippen LogP contribution in [0.2, 0.25) is 0 Å². The molecule has 0 aliphatic heterocycles. The van der Waals surface area contributed by atoms with Crippen molar-refractivity contribution in [2.45, 2.75) is 97.4 Å². The summed E-state index contributed by atoms with van der Waals surface area (Å²) in [6.45, 7) is 6.85. The second-order valence-corrected chi connectivity index (χ2v) is 5.59. The lowest BCUT2D eigenvalue weighted by atomic mass is 9.92. The molecular weight excluding hydrogens is 206 g/mol. The average Bonchev–Trinajstić information content (AvgIpc) is 2.34. The van der Waals surface area contributed by atoms with Gasteiger partial charge < -0.3 is 5.73 Å². The Balaban J connectivity index is 3.29. The first-order valence-electron chi connectivity index (χ1n) is 8.00. The van der Waals surface area contributed by atoms with Crippen LogP contribution < -0.4 is 5.73 Å². The lowest BCUT2D eigenvalue weighted by Crippen LogP contribution is -2.23. The minimum atomic E-state index is 0.454. The Hall–Kier alpha value is -0.0400. The Morgan fingerprint density at radius 2 is 1.29 bits per heavy atom. The van der Waals surface area contributed by atoms with Crippen LogP contribution in [0, 0.1) is 5.92 Å². The summed E-state index contributed by atoms with van der Waals surface area (Å²) in [7, 11) is 0. The molecule has 17 heavy (non-hydrogen) atoms. The summed E-state index contributed by atoms with van der Waals surface area (Å²) < 4.78 is 0. The van der Waals surface area contributed by atoms with Gasteiger partial charge in [0.2, 0.25) is 0 Å². The van der Waals surface area contributed by atoms with Crippen LogP contribution in [-0.4, -0.2) is 6.04 Å². The minimum Gasteiger partial charge on any atom is -0.328 e. The molecule has 2 N–H and O–H groups in total. The van der Waals surface area contributed by atoms with E-state index in [0.717, 1.165) is 5.92 Å². The van der Waals surface area contributed by atoms with E-state index in [1.54, 1.807) is 0 Å². The summed E-state index contributed by atoms with van der Waals surface area (Å²) in [6, 6.07) is 0.454. The highest BCUT2D eigenvalue weighted by atomic mass is 14.6. The molecular formula is C16H35N. The molecule has 0 fully saturated rings. The summed E-state index contributed by atoms with van der Waals surface area (Å²) in [5.41, 5.74) is 6.19. The SMILES string of the molecule is CCCCCCCCCC(N)CC(CC)CC. The maximum absolute atomic E-state index is 6.19. The maximum Gasteiger partial charge on any atom is 0.00414 e. The zero-order chi connectivity index (χ0) is 12.9. The molecule has 0 aromatic carbocycles. The van der Waals surface area contributed by atoms with Gasteiger partial charge in [0.25, 0.3) is 0 Å². The van der Waals surface area contributed by atoms with E-state index in [2.05, 4.69) is 20.8 Å². The molecule has 0 amide bonds. The van der Waals surface area contributed by atoms with Crippen molar-refractivity contribution in [3.8, 4) is 0 Å². The zero-order valence-corrected chi connectivity index (χ0v) is 12.5. The summed E-state index contributed by atoms with van der Waals surface area (Å²) in [5.74, 6) is 0.856. The molecule has 1 nitrogen and oxygen atoms in total. The number of nitrogens with two attached hydrogens (primary N) is 1. The monoisotopic (exact) mass is 241 g/mol. The van der Waals surface area contributed by atoms with Crippen molar-refractivity contribution in [1.82, 2.24) is 0 Å². The predicted molar refractivity (Wildman–Crippen MR) is 79.3 cm³/mol. The Labute approximate surface area is 110 Å². The van der Waals surface area contributed by atoms with E-state index in [9.17, 15) is 0 Å². The highest BCUT2D eigenvalue weighted by molar-refractivity contribution is 4.67. The van der Waals surface area contributed by atoms with Crippen molar-refractivity contribution in [1.29, 1.82) is 0 Å². The Kier molecular flexibility index (Phi) is 12.4. The quantitative estimate of drug-likeness (QED) is 0.462. The van der Waals surface area contributed by atoms with Gasteiger partial charge in [-0.25, -0.2) is 0 Å². The Morgan fingerprint density at radius 1 is 0.765 bits per heavy atom. The second kappa shape index (κ2) is 12.4. The third-order valence-corrected chi connectivity index (χ3v) is 3.97. The first-order valence-corrected chi connectivity index (χ1v) is 8.00. The van der Waals surface area contributed by atoms with Gasteiger partial charge in [-0.2, -0.15) is 0 Å². The smallest absolute Gasteiger partial charge is 0.00414 e. The van der Waals surface area contributed by atoms with Gasteiger partial charge in [-0.1, -0.05) is 78.6 Å². The van der Waals surface area contributed by atoms with Crippen molar-refractivity contribution in [2.24, 2.45) is 11.7 Å². The first kappa shape index (κ1) is 17.0. The van der Waals surface area contributed by atoms with Crippen molar-refractivity contribution in [2.75, 3.05) is 0 Å². The topological polar surface area (TPSA) is 26.0 Å². The Morgan fingerprint density at radius 3 is 1.82 bits per heavy atom. The molecule has 0 bridgehead atoms. The van der Waals surface area contributed by atoms with Gasteiger partial charge in [-0.3, -0.25) is 0 Å². The van der Waals surface area contributed by atoms with E-state index < -0.39 is 0 Å². The van der Waals surface area contributed by atoms with Crippen molar-refractivity contribution >= 4 is 0 Å². The normalized spacial score (nSPS) is 13.2. The summed E-state index contributed by atoms with van der Waals surface area (Å²) in [6.07, 6.45) is 14.8. The van der Waals surface area contributed by atoms with Crippen LogP contribution in [0.3, 0.4) is 0 Å². The molecule has 0 heterocycles. The van der Waals surface area contributed by atoms with Crippen LogP contribution in [0.15, 0.2) is 0 Å². The molecule has 0 aliphatic rings. The third-order valence-electron chi connectivity index (χ3n) is 3.97. The standard InChI is InChI=1S/C16H35N/c1-4-7-8-9-10-11-12-13-16(17)14-15(5-2)6-3/h15-16H,4-14,17H2,1-3H3. The highest BCUT2D eigenvalue weighted by Gasteiger charge is 2.09. The van der Waals surface area contributed by atoms with Crippen LogP contribution in [0.25, 0.3) is 0 Å². The van der Waals surface area contributed by atoms with E-state index in [-0.39, 0.29) is 0 Å². The molecule has 0 aromatic heterocycles. The van der Waals surface area contributed by atoms with Gasteiger partial charge in [0.05, 0.1) is 0 Å². The van der Waals surface area contributed by atoms with E-state index in [1.807, 2.05) is 0 Å². The van der Waals surface area contributed by atoms with Crippen molar-refractivity contribution < 1.29 is 0 Å². The predicted octanol–water partition coefficient (Wildman–Crippen LogP) is 5.28. The van der Waals surface area contributed by atoms with Crippen LogP contribution in [0.1, 0.15) is 91.4 Å². The minimum absolute atomic E-state index is 0.454. The van der Waals surface area contributed by atoms with Crippen molar-refractivity contribution in [3.63, 3.8) is 0 Å². The van der Waals surface area contributed by atoms with Crippen LogP contribution in [-0.2, 0) is 0 Å². The molecule has 0 aliphatic carbocycles. The van der Waals surface area contributed by atoms with Gasteiger partial charge >= 0.3 is 0 Å². The third kappa shape index (κ3) is 10.8. The van der Waals surface area contributed by atoms with E-state index in [1.165, 1.54) is 70.6 Å².